The maximum atomic E-state index is 9.46. The molecule has 0 aliphatic heterocycles. The van der Waals surface area contributed by atoms with Crippen molar-refractivity contribution < 1.29 is 103 Å². The normalized spacial score (nSPS) is 18.1. The van der Waals surface area contributed by atoms with Gasteiger partial charge in [-0.05, 0) is 34.6 Å². The lowest BCUT2D eigenvalue weighted by atomic mass is 9.94. The largest absolute Gasteiger partial charge is 0.394 e. The second-order valence-corrected chi connectivity index (χ2v) is 14.2. The van der Waals surface area contributed by atoms with Crippen LogP contribution in [0.4, 0.5) is 0 Å². The number of aliphatic hydroxyl groups is 5. The maximum absolute atomic E-state index is 9.46. The van der Waals surface area contributed by atoms with Crippen LogP contribution in [0.3, 0.4) is 0 Å². The van der Waals surface area contributed by atoms with Gasteiger partial charge in [0.1, 0.15) is 36.6 Å². The molecule has 4 atom stereocenters. The molecule has 0 rings (SSSR count). The smallest absolute Gasteiger partial charge is 0.189 e. The van der Waals surface area contributed by atoms with E-state index in [-0.39, 0.29) is 139 Å². The molecule has 0 bridgehead atoms. The summed E-state index contributed by atoms with van der Waals surface area (Å²) >= 11 is 0. The third-order valence-corrected chi connectivity index (χ3v) is 7.47. The average Bonchev–Trinajstić information content (AvgIpc) is 3.11. The summed E-state index contributed by atoms with van der Waals surface area (Å²) < 4.78 is 59.5. The second kappa shape index (κ2) is 28.5. The molecule has 0 aromatic heterocycles. The maximum Gasteiger partial charge on any atom is 0.189 e. The highest BCUT2D eigenvalue weighted by atomic mass is 17.1. The summed E-state index contributed by atoms with van der Waals surface area (Å²) in [5.41, 5.74) is -4.99. The topological polar surface area (TPSA) is 282 Å². The predicted octanol–water partition coefficient (Wildman–Crippen LogP) is -0.702. The van der Waals surface area contributed by atoms with Crippen molar-refractivity contribution in [2.24, 2.45) is 5.41 Å². The predicted molar refractivity (Wildman–Crippen MR) is 185 cm³/mol. The van der Waals surface area contributed by atoms with Crippen LogP contribution in [0.1, 0.15) is 41.5 Å². The fourth-order valence-electron chi connectivity index (χ4n) is 4.81. The first-order valence-corrected chi connectivity index (χ1v) is 17.6. The monoisotopic (exact) mass is 800 g/mol. The summed E-state index contributed by atoms with van der Waals surface area (Å²) in [6.07, 6.45) is 0. The Morgan fingerprint density at radius 2 is 0.704 bits per heavy atom. The van der Waals surface area contributed by atoms with Crippen LogP contribution in [-0.4, -0.2) is 208 Å². The minimum absolute atomic E-state index is 0.0106. The zero-order valence-corrected chi connectivity index (χ0v) is 32.7. The molecule has 8 N–H and O–H groups in total. The average molecular weight is 801 g/mol. The summed E-state index contributed by atoms with van der Waals surface area (Å²) in [6, 6.07) is 0. The zero-order valence-electron chi connectivity index (χ0n) is 32.7. The summed E-state index contributed by atoms with van der Waals surface area (Å²) in [5, 5.41) is 74.1. The minimum Gasteiger partial charge on any atom is -0.394 e. The van der Waals surface area contributed by atoms with Crippen molar-refractivity contribution in [3.05, 3.63) is 0 Å². The molecule has 21 nitrogen and oxygen atoms in total. The number of hydrogen-bond donors (Lipinski definition) is 8. The lowest BCUT2D eigenvalue weighted by Gasteiger charge is -2.43. The first-order valence-electron chi connectivity index (χ1n) is 17.6. The van der Waals surface area contributed by atoms with Crippen molar-refractivity contribution in [2.75, 3.05) is 139 Å². The van der Waals surface area contributed by atoms with Crippen LogP contribution in [-0.2, 0) is 62.0 Å². The van der Waals surface area contributed by atoms with Gasteiger partial charge in [-0.2, -0.15) is 0 Å². The first kappa shape index (κ1) is 53.2. The van der Waals surface area contributed by atoms with Gasteiger partial charge in [-0.25, -0.2) is 14.7 Å². The van der Waals surface area contributed by atoms with Crippen LogP contribution in [0.25, 0.3) is 0 Å². The van der Waals surface area contributed by atoms with E-state index in [4.69, 9.17) is 63.1 Å². The highest BCUT2D eigenvalue weighted by Gasteiger charge is 2.43. The van der Waals surface area contributed by atoms with E-state index >= 15 is 0 Å². The molecule has 0 saturated heterocycles. The van der Waals surface area contributed by atoms with Crippen LogP contribution >= 0.6 is 0 Å². The molecular weight excluding hydrogens is 732 g/mol. The van der Waals surface area contributed by atoms with Crippen molar-refractivity contribution in [1.29, 1.82) is 0 Å². The third-order valence-electron chi connectivity index (χ3n) is 7.47. The molecule has 0 fully saturated rings. The van der Waals surface area contributed by atoms with Crippen molar-refractivity contribution in [3.63, 3.8) is 0 Å². The molecule has 0 saturated carbocycles. The molecule has 0 radical (unpaired) electrons. The van der Waals surface area contributed by atoms with E-state index in [1.54, 1.807) is 41.5 Å². The quantitative estimate of drug-likeness (QED) is 0.0165. The van der Waals surface area contributed by atoms with Crippen molar-refractivity contribution in [1.82, 2.24) is 0 Å². The van der Waals surface area contributed by atoms with Gasteiger partial charge in [0.2, 0.25) is 0 Å². The third kappa shape index (κ3) is 23.4. The van der Waals surface area contributed by atoms with Gasteiger partial charge in [-0.3, -0.25) is 15.8 Å². The molecule has 0 aromatic carbocycles. The molecule has 0 spiro atoms. The fraction of sp³-hybridized carbons (Fsp3) is 1.00. The van der Waals surface area contributed by atoms with Gasteiger partial charge in [0.25, 0.3) is 0 Å². The molecular formula is C33H68O21. The van der Waals surface area contributed by atoms with E-state index in [1.807, 2.05) is 0 Å². The van der Waals surface area contributed by atoms with Crippen molar-refractivity contribution >= 4 is 0 Å². The molecule has 326 valence electrons. The fourth-order valence-corrected chi connectivity index (χ4v) is 4.81. The van der Waals surface area contributed by atoms with Gasteiger partial charge in [0.15, 0.2) is 11.6 Å². The van der Waals surface area contributed by atoms with Crippen LogP contribution in [0, 0.1) is 5.41 Å². The number of ether oxygens (including phenoxy) is 10. The molecule has 0 heterocycles. The van der Waals surface area contributed by atoms with Crippen LogP contribution in [0.5, 0.6) is 0 Å². The molecule has 0 aliphatic carbocycles. The summed E-state index contributed by atoms with van der Waals surface area (Å²) in [5.74, 6) is -2.89. The van der Waals surface area contributed by atoms with Crippen molar-refractivity contribution in [2.45, 2.75) is 69.9 Å². The second-order valence-electron chi connectivity index (χ2n) is 14.2. The molecule has 54 heavy (non-hydrogen) atoms. The van der Waals surface area contributed by atoms with E-state index in [0.717, 1.165) is 0 Å². The van der Waals surface area contributed by atoms with Gasteiger partial charge in [0, 0.05) is 5.41 Å². The zero-order chi connectivity index (χ0) is 41.0. The summed E-state index contributed by atoms with van der Waals surface area (Å²) in [7, 11) is 0. The van der Waals surface area contributed by atoms with Crippen molar-refractivity contribution in [3.8, 4) is 0 Å². The Kier molecular flexibility index (Phi) is 28.1. The van der Waals surface area contributed by atoms with E-state index in [1.165, 1.54) is 0 Å². The summed E-state index contributed by atoms with van der Waals surface area (Å²) in [6.45, 7) is 5.76. The van der Waals surface area contributed by atoms with Gasteiger partial charge < -0.3 is 72.9 Å². The SMILES string of the molecule is CC(COO)(COO)COCC(C)(COCC(C)(COO)OCCO)OC(C)(COC(C)(COCCO)OCCO)COC(C)(COCCO)OCCO. The number of rotatable bonds is 39. The van der Waals surface area contributed by atoms with Crippen LogP contribution < -0.4 is 0 Å². The lowest BCUT2D eigenvalue weighted by molar-refractivity contribution is -0.318. The molecule has 0 aromatic rings. The van der Waals surface area contributed by atoms with E-state index < -0.39 is 33.8 Å². The Bertz CT molecular complexity index is 868. The molecule has 4 unspecified atom stereocenters. The van der Waals surface area contributed by atoms with Gasteiger partial charge in [0.05, 0.1) is 119 Å². The molecule has 0 aliphatic rings. The Balaban J connectivity index is 6.74. The van der Waals surface area contributed by atoms with Crippen LogP contribution in [0.2, 0.25) is 0 Å². The highest BCUT2D eigenvalue weighted by molar-refractivity contribution is 4.87. The standard InChI is InChI=1S/C33H68O21/c1-28(18-51-39,19-52-40)17-44-21-30(3,22-45-20-29(2,25-53-41)46-14-9-36)54-31(4,23-49-32(5,47-15-10-37)26-42-12-7-34)24-50-33(6,48-16-11-38)27-43-13-8-35/h34-41H,7-27H2,1-6H3. The van der Waals surface area contributed by atoms with E-state index in [2.05, 4.69) is 14.7 Å². The van der Waals surface area contributed by atoms with Gasteiger partial charge in [-0.15, -0.1) is 0 Å². The van der Waals surface area contributed by atoms with Gasteiger partial charge >= 0.3 is 0 Å². The minimum atomic E-state index is -1.45. The number of aliphatic hydroxyl groups excluding tert-OH is 5. The van der Waals surface area contributed by atoms with E-state index in [0.29, 0.717) is 0 Å². The van der Waals surface area contributed by atoms with Crippen LogP contribution in [0.15, 0.2) is 0 Å². The lowest BCUT2D eigenvalue weighted by Crippen LogP contribution is -2.55. The molecule has 21 heteroatoms. The van der Waals surface area contributed by atoms with Gasteiger partial charge in [-0.1, -0.05) is 6.92 Å². The Labute approximate surface area is 317 Å². The Morgan fingerprint density at radius 3 is 1.11 bits per heavy atom. The van der Waals surface area contributed by atoms with E-state index in [9.17, 15) is 25.5 Å². The Morgan fingerprint density at radius 1 is 0.333 bits per heavy atom. The first-order chi connectivity index (χ1) is 25.5. The Hall–Kier alpha value is -0.840. The highest BCUT2D eigenvalue weighted by Crippen LogP contribution is 2.29. The number of hydrogen-bond acceptors (Lipinski definition) is 21. The summed E-state index contributed by atoms with van der Waals surface area (Å²) in [4.78, 5) is 12.9. The molecule has 0 amide bonds.